The lowest BCUT2D eigenvalue weighted by Crippen LogP contribution is -2.52. The van der Waals surface area contributed by atoms with Gasteiger partial charge in [0.1, 0.15) is 6.04 Å². The van der Waals surface area contributed by atoms with Gasteiger partial charge >= 0.3 is 0 Å². The van der Waals surface area contributed by atoms with Crippen LogP contribution in [0.1, 0.15) is 58.6 Å². The number of amides is 3. The minimum absolute atomic E-state index is 0.112. The van der Waals surface area contributed by atoms with Crippen molar-refractivity contribution in [3.05, 3.63) is 70.8 Å². The Morgan fingerprint density at radius 2 is 1.76 bits per heavy atom. The van der Waals surface area contributed by atoms with Crippen LogP contribution in [0, 0.1) is 0 Å². The molecule has 3 atom stereocenters. The van der Waals surface area contributed by atoms with E-state index in [9.17, 15) is 14.4 Å². The van der Waals surface area contributed by atoms with Gasteiger partial charge in [0.15, 0.2) is 0 Å². The topological polar surface area (TPSA) is 90.5 Å². The molecule has 7 nitrogen and oxygen atoms in total. The molecule has 33 heavy (non-hydrogen) atoms. The van der Waals surface area contributed by atoms with Crippen LogP contribution in [-0.2, 0) is 22.7 Å². The maximum absolute atomic E-state index is 13.4. The van der Waals surface area contributed by atoms with Gasteiger partial charge in [-0.2, -0.15) is 0 Å². The highest BCUT2D eigenvalue weighted by Crippen LogP contribution is 2.31. The van der Waals surface area contributed by atoms with Gasteiger partial charge in [0.2, 0.25) is 11.8 Å². The third-order valence-electron chi connectivity index (χ3n) is 7.17. The number of fused-ring (bicyclic) bond motifs is 1. The maximum Gasteiger partial charge on any atom is 0.255 e. The molecular weight excluding hydrogens is 416 g/mol. The molecule has 0 saturated carbocycles. The molecule has 2 aromatic carbocycles. The molecule has 3 N–H and O–H groups in total. The minimum atomic E-state index is -0.584. The van der Waals surface area contributed by atoms with Crippen LogP contribution in [0.2, 0.25) is 0 Å². The molecule has 0 bridgehead atoms. The number of piperidine rings is 1. The van der Waals surface area contributed by atoms with Crippen molar-refractivity contribution >= 4 is 17.7 Å². The highest BCUT2D eigenvalue weighted by Gasteiger charge is 2.40. The van der Waals surface area contributed by atoms with Gasteiger partial charge in [-0.25, -0.2) is 0 Å². The lowest BCUT2D eigenvalue weighted by molar-refractivity contribution is -0.136. The number of benzene rings is 2. The lowest BCUT2D eigenvalue weighted by atomic mass is 9.87. The molecule has 5 rings (SSSR count). The standard InChI is InChI=1S/C26H30N4O3/c31-23-10-9-22(25(32)29-23)30-16-19-8-4-7-18(24(19)26(30)33)15-28-21-12-14-27-13-11-20(21)17-5-2-1-3-6-17/h1-8,20-22,27-28H,9-16H2,(H,29,31,32)/t20-,21+,22?/m0/s1. The summed E-state index contributed by atoms with van der Waals surface area (Å²) < 4.78 is 0. The van der Waals surface area contributed by atoms with Crippen LogP contribution in [-0.4, -0.2) is 47.8 Å². The smallest absolute Gasteiger partial charge is 0.255 e. The predicted octanol–water partition coefficient (Wildman–Crippen LogP) is 2.07. The second-order valence-corrected chi connectivity index (χ2v) is 9.18. The van der Waals surface area contributed by atoms with Crippen molar-refractivity contribution in [1.82, 2.24) is 20.9 Å². The third kappa shape index (κ3) is 4.43. The Kier molecular flexibility index (Phi) is 6.24. The fourth-order valence-electron chi connectivity index (χ4n) is 5.46. The third-order valence-corrected chi connectivity index (χ3v) is 7.17. The van der Waals surface area contributed by atoms with Crippen molar-refractivity contribution in [1.29, 1.82) is 0 Å². The first-order valence-corrected chi connectivity index (χ1v) is 11.9. The highest BCUT2D eigenvalue weighted by molar-refractivity contribution is 6.06. The summed E-state index contributed by atoms with van der Waals surface area (Å²) in [6.45, 7) is 2.98. The Hall–Kier alpha value is -3.03. The van der Waals surface area contributed by atoms with Gasteiger partial charge in [-0.1, -0.05) is 48.5 Å². The first-order valence-electron chi connectivity index (χ1n) is 11.9. The minimum Gasteiger partial charge on any atom is -0.322 e. The van der Waals surface area contributed by atoms with Crippen LogP contribution in [0.5, 0.6) is 0 Å². The van der Waals surface area contributed by atoms with Gasteiger partial charge in [-0.15, -0.1) is 0 Å². The molecule has 2 fully saturated rings. The summed E-state index contributed by atoms with van der Waals surface area (Å²) in [6.07, 6.45) is 2.73. The molecule has 0 radical (unpaired) electrons. The predicted molar refractivity (Wildman–Crippen MR) is 124 cm³/mol. The summed E-state index contributed by atoms with van der Waals surface area (Å²) in [4.78, 5) is 38.9. The Labute approximate surface area is 193 Å². The highest BCUT2D eigenvalue weighted by atomic mass is 16.2. The maximum atomic E-state index is 13.4. The van der Waals surface area contributed by atoms with Crippen LogP contribution in [0.4, 0.5) is 0 Å². The molecule has 3 amide bonds. The lowest BCUT2D eigenvalue weighted by Gasteiger charge is -2.29. The number of hydrogen-bond donors (Lipinski definition) is 3. The zero-order chi connectivity index (χ0) is 22.8. The van der Waals surface area contributed by atoms with Gasteiger partial charge < -0.3 is 15.5 Å². The second kappa shape index (κ2) is 9.45. The summed E-state index contributed by atoms with van der Waals surface area (Å²) in [6, 6.07) is 16.3. The second-order valence-electron chi connectivity index (χ2n) is 9.18. The Bertz CT molecular complexity index is 1050. The van der Waals surface area contributed by atoms with E-state index < -0.39 is 6.04 Å². The quantitative estimate of drug-likeness (QED) is 0.612. The molecule has 1 unspecified atom stereocenters. The van der Waals surface area contributed by atoms with E-state index in [0.717, 1.165) is 37.1 Å². The van der Waals surface area contributed by atoms with E-state index in [1.165, 1.54) is 5.56 Å². The van der Waals surface area contributed by atoms with E-state index >= 15 is 0 Å². The van der Waals surface area contributed by atoms with Crippen molar-refractivity contribution < 1.29 is 14.4 Å². The van der Waals surface area contributed by atoms with E-state index in [1.54, 1.807) is 4.90 Å². The average Bonchev–Trinajstić information content (AvgIpc) is 3.00. The zero-order valence-corrected chi connectivity index (χ0v) is 18.7. The fourth-order valence-corrected chi connectivity index (χ4v) is 5.46. The summed E-state index contributed by atoms with van der Waals surface area (Å²) in [7, 11) is 0. The van der Waals surface area contributed by atoms with E-state index in [4.69, 9.17) is 0 Å². The van der Waals surface area contributed by atoms with E-state index in [-0.39, 0.29) is 24.1 Å². The van der Waals surface area contributed by atoms with Gasteiger partial charge in [0.25, 0.3) is 5.91 Å². The van der Waals surface area contributed by atoms with E-state index in [0.29, 0.717) is 37.0 Å². The molecule has 3 aliphatic rings. The van der Waals surface area contributed by atoms with Crippen LogP contribution in [0.25, 0.3) is 0 Å². The van der Waals surface area contributed by atoms with Gasteiger partial charge in [0.05, 0.1) is 0 Å². The summed E-state index contributed by atoms with van der Waals surface area (Å²) in [5, 5.41) is 9.63. The number of carbonyl (C=O) groups excluding carboxylic acids is 3. The van der Waals surface area contributed by atoms with Crippen molar-refractivity contribution in [2.45, 2.75) is 56.8 Å². The number of imide groups is 1. The first-order chi connectivity index (χ1) is 16.1. The summed E-state index contributed by atoms with van der Waals surface area (Å²) >= 11 is 0. The number of carbonyl (C=O) groups is 3. The normalized spacial score (nSPS) is 25.5. The molecule has 172 valence electrons. The molecule has 3 heterocycles. The van der Waals surface area contributed by atoms with Crippen LogP contribution >= 0.6 is 0 Å². The van der Waals surface area contributed by atoms with Crippen molar-refractivity contribution in [2.24, 2.45) is 0 Å². The van der Waals surface area contributed by atoms with Crippen molar-refractivity contribution in [2.75, 3.05) is 13.1 Å². The molecule has 7 heteroatoms. The van der Waals surface area contributed by atoms with Gasteiger partial charge in [-0.3, -0.25) is 19.7 Å². The van der Waals surface area contributed by atoms with Crippen LogP contribution in [0.15, 0.2) is 48.5 Å². The number of nitrogens with zero attached hydrogens (tertiary/aromatic N) is 1. The largest absolute Gasteiger partial charge is 0.322 e. The van der Waals surface area contributed by atoms with Crippen molar-refractivity contribution in [3.63, 3.8) is 0 Å². The molecule has 2 saturated heterocycles. The number of rotatable bonds is 5. The average molecular weight is 447 g/mol. The Morgan fingerprint density at radius 3 is 2.58 bits per heavy atom. The van der Waals surface area contributed by atoms with Crippen LogP contribution < -0.4 is 16.0 Å². The molecular formula is C26H30N4O3. The Morgan fingerprint density at radius 1 is 0.939 bits per heavy atom. The number of hydrogen-bond acceptors (Lipinski definition) is 5. The monoisotopic (exact) mass is 446 g/mol. The van der Waals surface area contributed by atoms with Gasteiger partial charge in [-0.05, 0) is 49.0 Å². The molecule has 0 aromatic heterocycles. The molecule has 0 aliphatic carbocycles. The zero-order valence-electron chi connectivity index (χ0n) is 18.7. The SMILES string of the molecule is O=C1CCC(N2Cc3cccc(CN[C@@H]4CCNCC[C@H]4c4ccccc4)c3C2=O)C(=O)N1. The Balaban J connectivity index is 1.33. The molecule has 0 spiro atoms. The van der Waals surface area contributed by atoms with Gasteiger partial charge in [0, 0.05) is 37.0 Å². The van der Waals surface area contributed by atoms with E-state index in [2.05, 4.69) is 40.2 Å². The fraction of sp³-hybridized carbons (Fsp3) is 0.423. The van der Waals surface area contributed by atoms with Crippen molar-refractivity contribution in [3.8, 4) is 0 Å². The number of nitrogens with one attached hydrogen (secondary N) is 3. The summed E-state index contributed by atoms with van der Waals surface area (Å²) in [5.74, 6) is -0.340. The van der Waals surface area contributed by atoms with Crippen LogP contribution in [0.3, 0.4) is 0 Å². The molecule has 3 aliphatic heterocycles. The first kappa shape index (κ1) is 21.8. The van der Waals surface area contributed by atoms with E-state index in [1.807, 2.05) is 24.3 Å². The molecule has 2 aromatic rings. The summed E-state index contributed by atoms with van der Waals surface area (Å²) in [5.41, 5.74) is 3.97.